The number of carboxylic acids is 1. The Morgan fingerprint density at radius 1 is 1.21 bits per heavy atom. The van der Waals surface area contributed by atoms with E-state index in [4.69, 9.17) is 5.11 Å². The molecule has 0 aliphatic carbocycles. The molecule has 1 aliphatic heterocycles. The normalized spacial score (nSPS) is 18.0. The number of aliphatic hydroxyl groups excluding tert-OH is 1. The maximum atomic E-state index is 12.5. The molecular weight excluding hydrogens is 386 g/mol. The van der Waals surface area contributed by atoms with Crippen molar-refractivity contribution in [3.8, 4) is 0 Å². The number of hydrogen-bond donors (Lipinski definition) is 2. The van der Waals surface area contributed by atoms with Gasteiger partial charge in [0.25, 0.3) is 0 Å². The van der Waals surface area contributed by atoms with Gasteiger partial charge >= 0.3 is 5.97 Å². The van der Waals surface area contributed by atoms with Gasteiger partial charge in [-0.2, -0.15) is 0 Å². The van der Waals surface area contributed by atoms with Gasteiger partial charge in [0.2, 0.25) is 5.91 Å². The Hall–Kier alpha value is -2.18. The average molecular weight is 416 g/mol. The van der Waals surface area contributed by atoms with Crippen LogP contribution in [0.25, 0.3) is 0 Å². The van der Waals surface area contributed by atoms with Crippen LogP contribution in [0.3, 0.4) is 0 Å². The van der Waals surface area contributed by atoms with Crippen molar-refractivity contribution in [2.45, 2.75) is 63.5 Å². The van der Waals surface area contributed by atoms with Crippen molar-refractivity contribution in [2.24, 2.45) is 0 Å². The molecule has 29 heavy (non-hydrogen) atoms. The SMILES string of the molecule is O=C(O)c1ccc(CCCN2C(=O)CCCC2CCC(O)Cc2ccccc2)s1. The third kappa shape index (κ3) is 6.41. The summed E-state index contributed by atoms with van der Waals surface area (Å²) >= 11 is 1.31. The largest absolute Gasteiger partial charge is 0.477 e. The van der Waals surface area contributed by atoms with Crippen LogP contribution in [0.1, 0.15) is 58.6 Å². The first kappa shape index (κ1) is 21.5. The van der Waals surface area contributed by atoms with Crippen molar-refractivity contribution < 1.29 is 19.8 Å². The van der Waals surface area contributed by atoms with Crippen molar-refractivity contribution in [2.75, 3.05) is 6.54 Å². The number of nitrogens with zero attached hydrogens (tertiary/aromatic N) is 1. The number of carbonyl (C=O) groups excluding carboxylic acids is 1. The van der Waals surface area contributed by atoms with Crippen LogP contribution in [0.5, 0.6) is 0 Å². The predicted octanol–water partition coefficient (Wildman–Crippen LogP) is 4.14. The maximum absolute atomic E-state index is 12.5. The lowest BCUT2D eigenvalue weighted by molar-refractivity contribution is -0.136. The number of aliphatic hydroxyl groups is 1. The van der Waals surface area contributed by atoms with Crippen LogP contribution in [0.15, 0.2) is 42.5 Å². The zero-order chi connectivity index (χ0) is 20.6. The molecule has 0 radical (unpaired) electrons. The number of carboxylic acid groups (broad SMARTS) is 1. The van der Waals surface area contributed by atoms with Crippen molar-refractivity contribution >= 4 is 23.2 Å². The maximum Gasteiger partial charge on any atom is 0.345 e. The van der Waals surface area contributed by atoms with E-state index < -0.39 is 12.1 Å². The Balaban J connectivity index is 1.47. The molecule has 1 fully saturated rings. The number of hydrogen-bond acceptors (Lipinski definition) is 4. The van der Waals surface area contributed by atoms with Gasteiger partial charge in [-0.1, -0.05) is 30.3 Å². The minimum absolute atomic E-state index is 0.194. The van der Waals surface area contributed by atoms with E-state index in [0.717, 1.165) is 42.5 Å². The quantitative estimate of drug-likeness (QED) is 0.611. The molecule has 6 heteroatoms. The van der Waals surface area contributed by atoms with Gasteiger partial charge in [0.05, 0.1) is 6.10 Å². The number of likely N-dealkylation sites (tertiary alicyclic amines) is 1. The molecule has 1 aliphatic rings. The van der Waals surface area contributed by atoms with Crippen molar-refractivity contribution in [3.05, 3.63) is 57.8 Å². The third-order valence-corrected chi connectivity index (χ3v) is 6.66. The highest BCUT2D eigenvalue weighted by atomic mass is 32.1. The molecule has 2 aromatic rings. The molecule has 5 nitrogen and oxygen atoms in total. The van der Waals surface area contributed by atoms with E-state index in [1.54, 1.807) is 6.07 Å². The fourth-order valence-corrected chi connectivity index (χ4v) is 4.91. The summed E-state index contributed by atoms with van der Waals surface area (Å²) in [6, 6.07) is 13.7. The summed E-state index contributed by atoms with van der Waals surface area (Å²) in [6.45, 7) is 0.693. The standard InChI is InChI=1S/C23H29NO4S/c25-19(16-17-6-2-1-3-7-17)12-11-18-8-4-10-22(26)24(18)15-5-9-20-13-14-21(29-20)23(27)28/h1-3,6-7,13-14,18-19,25H,4-5,8-12,15-16H2,(H,27,28). The van der Waals surface area contributed by atoms with E-state index in [1.807, 2.05) is 41.3 Å². The van der Waals surface area contributed by atoms with Gasteiger partial charge in [0.15, 0.2) is 0 Å². The van der Waals surface area contributed by atoms with Crippen LogP contribution in [0.2, 0.25) is 0 Å². The zero-order valence-corrected chi connectivity index (χ0v) is 17.4. The van der Waals surface area contributed by atoms with E-state index in [1.165, 1.54) is 11.3 Å². The van der Waals surface area contributed by atoms with Gasteiger partial charge in [-0.25, -0.2) is 4.79 Å². The van der Waals surface area contributed by atoms with Crippen LogP contribution in [-0.2, 0) is 17.6 Å². The molecule has 2 N–H and O–H groups in total. The first-order valence-corrected chi connectivity index (χ1v) is 11.2. The van der Waals surface area contributed by atoms with Crippen LogP contribution >= 0.6 is 11.3 Å². The lowest BCUT2D eigenvalue weighted by Crippen LogP contribution is -2.44. The summed E-state index contributed by atoms with van der Waals surface area (Å²) in [6.07, 6.45) is 5.89. The fraction of sp³-hybridized carbons (Fsp3) is 0.478. The van der Waals surface area contributed by atoms with Gasteiger partial charge in [0.1, 0.15) is 4.88 Å². The minimum atomic E-state index is -0.887. The van der Waals surface area contributed by atoms with Crippen LogP contribution in [0.4, 0.5) is 0 Å². The van der Waals surface area contributed by atoms with E-state index in [-0.39, 0.29) is 11.9 Å². The molecule has 3 rings (SSSR count). The smallest absolute Gasteiger partial charge is 0.345 e. The number of rotatable bonds is 10. The summed E-state index contributed by atoms with van der Waals surface area (Å²) in [5.41, 5.74) is 1.13. The number of aromatic carboxylic acids is 1. The predicted molar refractivity (Wildman–Crippen MR) is 114 cm³/mol. The number of aryl methyl sites for hydroxylation is 1. The molecule has 0 bridgehead atoms. The first-order chi connectivity index (χ1) is 14.0. The van der Waals surface area contributed by atoms with Crippen LogP contribution < -0.4 is 0 Å². The molecule has 0 saturated carbocycles. The summed E-state index contributed by atoms with van der Waals surface area (Å²) in [5, 5.41) is 19.4. The van der Waals surface area contributed by atoms with E-state index >= 15 is 0 Å². The molecule has 2 unspecified atom stereocenters. The van der Waals surface area contributed by atoms with Crippen LogP contribution in [-0.4, -0.2) is 45.7 Å². The van der Waals surface area contributed by atoms with E-state index in [2.05, 4.69) is 0 Å². The monoisotopic (exact) mass is 415 g/mol. The Labute approximate surface area is 176 Å². The first-order valence-electron chi connectivity index (χ1n) is 10.4. The number of thiophene rings is 1. The highest BCUT2D eigenvalue weighted by Crippen LogP contribution is 2.24. The highest BCUT2D eigenvalue weighted by Gasteiger charge is 2.27. The van der Waals surface area contributed by atoms with E-state index in [9.17, 15) is 14.7 Å². The summed E-state index contributed by atoms with van der Waals surface area (Å²) in [5.74, 6) is -0.683. The van der Waals surface area contributed by atoms with Crippen molar-refractivity contribution in [3.63, 3.8) is 0 Å². The zero-order valence-electron chi connectivity index (χ0n) is 16.6. The topological polar surface area (TPSA) is 77.8 Å². The Kier molecular flexibility index (Phi) is 7.83. The van der Waals surface area contributed by atoms with Crippen molar-refractivity contribution in [1.82, 2.24) is 4.90 Å². The molecule has 1 aromatic heterocycles. The summed E-state index contributed by atoms with van der Waals surface area (Å²) < 4.78 is 0. The average Bonchev–Trinajstić information content (AvgIpc) is 3.18. The van der Waals surface area contributed by atoms with Gasteiger partial charge in [0, 0.05) is 23.9 Å². The molecule has 2 heterocycles. The Morgan fingerprint density at radius 2 is 2.00 bits per heavy atom. The number of amides is 1. The molecular formula is C23H29NO4S. The fourth-order valence-electron chi connectivity index (χ4n) is 4.02. The Bertz CT molecular complexity index is 804. The lowest BCUT2D eigenvalue weighted by atomic mass is 9.94. The molecule has 2 atom stereocenters. The second-order valence-corrected chi connectivity index (χ2v) is 8.90. The molecule has 1 saturated heterocycles. The number of carbonyl (C=O) groups is 2. The van der Waals surface area contributed by atoms with Crippen molar-refractivity contribution in [1.29, 1.82) is 0 Å². The molecule has 1 amide bonds. The van der Waals surface area contributed by atoms with Gasteiger partial charge in [-0.3, -0.25) is 4.79 Å². The van der Waals surface area contributed by atoms with Gasteiger partial charge in [-0.15, -0.1) is 11.3 Å². The second kappa shape index (κ2) is 10.6. The minimum Gasteiger partial charge on any atom is -0.477 e. The molecule has 1 aromatic carbocycles. The molecule has 156 valence electrons. The van der Waals surface area contributed by atoms with Gasteiger partial charge < -0.3 is 15.1 Å². The second-order valence-electron chi connectivity index (χ2n) is 7.73. The number of piperidine rings is 1. The van der Waals surface area contributed by atoms with Gasteiger partial charge in [-0.05, 0) is 62.6 Å². The van der Waals surface area contributed by atoms with E-state index in [0.29, 0.717) is 30.7 Å². The van der Waals surface area contributed by atoms with Crippen LogP contribution in [0, 0.1) is 0 Å². The summed E-state index contributed by atoms with van der Waals surface area (Å²) in [4.78, 5) is 26.9. The number of benzene rings is 1. The lowest BCUT2D eigenvalue weighted by Gasteiger charge is -2.36. The molecule has 0 spiro atoms. The highest BCUT2D eigenvalue weighted by molar-refractivity contribution is 7.13. The Morgan fingerprint density at radius 3 is 2.72 bits per heavy atom. The third-order valence-electron chi connectivity index (χ3n) is 5.53. The summed E-state index contributed by atoms with van der Waals surface area (Å²) in [7, 11) is 0.